The van der Waals surface area contributed by atoms with Crippen LogP contribution < -0.4 is 5.56 Å². The molecule has 110 valence electrons. The van der Waals surface area contributed by atoms with Gasteiger partial charge < -0.3 is 0 Å². The van der Waals surface area contributed by atoms with Gasteiger partial charge in [0.1, 0.15) is 0 Å². The Hall–Kier alpha value is -1.80. The molecule has 0 unspecified atom stereocenters. The van der Waals surface area contributed by atoms with Crippen LogP contribution in [0.15, 0.2) is 34.2 Å². The molecule has 0 radical (unpaired) electrons. The topological polar surface area (TPSA) is 58.7 Å². The maximum atomic E-state index is 12.6. The van der Waals surface area contributed by atoms with Crippen molar-refractivity contribution in [2.75, 3.05) is 5.75 Å². The first-order valence-corrected chi connectivity index (χ1v) is 8.03. The lowest BCUT2D eigenvalue weighted by Crippen LogP contribution is -2.25. The molecule has 2 rings (SSSR count). The van der Waals surface area contributed by atoms with E-state index < -0.39 is 0 Å². The second-order valence-electron chi connectivity index (χ2n) is 5.56. The molecule has 4 nitrogen and oxygen atoms in total. The standard InChI is InChI=1S/C16H19N3OS/c1-11(2)9-19-15(20)13-6-4-5-7-14(13)18-16(19)21-10-12(3)8-17/h4-7,11-12H,9-10H2,1-3H3/t12-/m1/s1. The van der Waals surface area contributed by atoms with Gasteiger partial charge >= 0.3 is 0 Å². The van der Waals surface area contributed by atoms with Crippen LogP contribution in [0.4, 0.5) is 0 Å². The molecule has 0 saturated heterocycles. The quantitative estimate of drug-likeness (QED) is 0.628. The SMILES string of the molecule is CC(C)Cn1c(SC[C@H](C)C#N)nc2ccccc2c1=O. The third-order valence-electron chi connectivity index (χ3n) is 3.06. The number of benzene rings is 1. The van der Waals surface area contributed by atoms with Crippen LogP contribution in [-0.2, 0) is 6.54 Å². The molecular formula is C16H19N3OS. The fraction of sp³-hybridized carbons (Fsp3) is 0.438. The van der Waals surface area contributed by atoms with E-state index in [1.54, 1.807) is 4.57 Å². The van der Waals surface area contributed by atoms with Gasteiger partial charge in [0, 0.05) is 12.3 Å². The largest absolute Gasteiger partial charge is 0.287 e. The molecule has 0 bridgehead atoms. The van der Waals surface area contributed by atoms with Crippen LogP contribution in [0.2, 0.25) is 0 Å². The van der Waals surface area contributed by atoms with Gasteiger partial charge in [-0.3, -0.25) is 9.36 Å². The summed E-state index contributed by atoms with van der Waals surface area (Å²) < 4.78 is 1.74. The third-order valence-corrected chi connectivity index (χ3v) is 4.29. The third kappa shape index (κ3) is 3.64. The normalized spacial score (nSPS) is 12.5. The molecule has 0 saturated carbocycles. The minimum Gasteiger partial charge on any atom is -0.287 e. The summed E-state index contributed by atoms with van der Waals surface area (Å²) in [4.78, 5) is 17.3. The van der Waals surface area contributed by atoms with Crippen LogP contribution in [0.1, 0.15) is 20.8 Å². The summed E-state index contributed by atoms with van der Waals surface area (Å²) in [5.41, 5.74) is 0.719. The van der Waals surface area contributed by atoms with E-state index in [9.17, 15) is 4.79 Å². The minimum atomic E-state index is -0.0640. The van der Waals surface area contributed by atoms with Crippen LogP contribution in [0.5, 0.6) is 0 Å². The van der Waals surface area contributed by atoms with Crippen LogP contribution in [0.25, 0.3) is 10.9 Å². The van der Waals surface area contributed by atoms with Gasteiger partial charge in [-0.25, -0.2) is 4.98 Å². The van der Waals surface area contributed by atoms with Crippen molar-refractivity contribution < 1.29 is 0 Å². The maximum Gasteiger partial charge on any atom is 0.262 e. The zero-order chi connectivity index (χ0) is 15.4. The number of fused-ring (bicyclic) bond motifs is 1. The van der Waals surface area contributed by atoms with Gasteiger partial charge in [-0.15, -0.1) is 0 Å². The molecule has 2 aromatic rings. The van der Waals surface area contributed by atoms with Crippen LogP contribution in [0.3, 0.4) is 0 Å². The number of hydrogen-bond acceptors (Lipinski definition) is 4. The first kappa shape index (κ1) is 15.6. The highest BCUT2D eigenvalue weighted by Gasteiger charge is 2.13. The Morgan fingerprint density at radius 3 is 2.71 bits per heavy atom. The van der Waals surface area contributed by atoms with Crippen molar-refractivity contribution in [3.05, 3.63) is 34.6 Å². The summed E-state index contributed by atoms with van der Waals surface area (Å²) in [5, 5.41) is 10.3. The highest BCUT2D eigenvalue weighted by atomic mass is 32.2. The molecule has 0 spiro atoms. The van der Waals surface area contributed by atoms with E-state index in [1.165, 1.54) is 11.8 Å². The number of rotatable bonds is 5. The van der Waals surface area contributed by atoms with E-state index in [2.05, 4.69) is 24.9 Å². The van der Waals surface area contributed by atoms with Gasteiger partial charge in [0.2, 0.25) is 0 Å². The fourth-order valence-electron chi connectivity index (χ4n) is 2.02. The lowest BCUT2D eigenvalue weighted by atomic mass is 10.2. The van der Waals surface area contributed by atoms with E-state index in [-0.39, 0.29) is 11.5 Å². The van der Waals surface area contributed by atoms with Crippen molar-refractivity contribution in [3.8, 4) is 6.07 Å². The summed E-state index contributed by atoms with van der Waals surface area (Å²) in [6, 6.07) is 9.62. The van der Waals surface area contributed by atoms with Crippen molar-refractivity contribution in [2.45, 2.75) is 32.5 Å². The Morgan fingerprint density at radius 2 is 2.05 bits per heavy atom. The molecule has 1 atom stereocenters. The molecule has 1 aromatic heterocycles. The van der Waals surface area contributed by atoms with E-state index in [1.807, 2.05) is 31.2 Å². The molecular weight excluding hydrogens is 282 g/mol. The van der Waals surface area contributed by atoms with Gasteiger partial charge in [0.05, 0.1) is 22.9 Å². The van der Waals surface area contributed by atoms with Crippen molar-refractivity contribution >= 4 is 22.7 Å². The molecule has 0 fully saturated rings. The van der Waals surface area contributed by atoms with Crippen LogP contribution in [-0.4, -0.2) is 15.3 Å². The second-order valence-corrected chi connectivity index (χ2v) is 6.55. The Bertz CT molecular complexity index is 730. The smallest absolute Gasteiger partial charge is 0.262 e. The lowest BCUT2D eigenvalue weighted by molar-refractivity contribution is 0.475. The predicted molar refractivity (Wildman–Crippen MR) is 86.3 cm³/mol. The van der Waals surface area contributed by atoms with E-state index in [0.29, 0.717) is 28.8 Å². The molecule has 21 heavy (non-hydrogen) atoms. The fourth-order valence-corrected chi connectivity index (χ4v) is 2.97. The Morgan fingerprint density at radius 1 is 1.33 bits per heavy atom. The Labute approximate surface area is 128 Å². The summed E-state index contributed by atoms with van der Waals surface area (Å²) in [5.74, 6) is 0.934. The first-order chi connectivity index (χ1) is 10.0. The number of nitrogens with zero attached hydrogens (tertiary/aromatic N) is 3. The summed E-state index contributed by atoms with van der Waals surface area (Å²) in [7, 11) is 0. The molecule has 1 heterocycles. The average Bonchev–Trinajstić information content (AvgIpc) is 2.47. The molecule has 5 heteroatoms. The molecule has 0 aliphatic heterocycles. The second kappa shape index (κ2) is 6.77. The maximum absolute atomic E-state index is 12.6. The number of thioether (sulfide) groups is 1. The van der Waals surface area contributed by atoms with E-state index in [4.69, 9.17) is 5.26 Å². The van der Waals surface area contributed by atoms with Gasteiger partial charge in [-0.2, -0.15) is 5.26 Å². The van der Waals surface area contributed by atoms with Crippen molar-refractivity contribution in [2.24, 2.45) is 11.8 Å². The summed E-state index contributed by atoms with van der Waals surface area (Å²) >= 11 is 1.48. The summed E-state index contributed by atoms with van der Waals surface area (Å²) in [6.07, 6.45) is 0. The number of nitriles is 1. The van der Waals surface area contributed by atoms with Crippen molar-refractivity contribution in [3.63, 3.8) is 0 Å². The van der Waals surface area contributed by atoms with Crippen LogP contribution >= 0.6 is 11.8 Å². The highest BCUT2D eigenvalue weighted by molar-refractivity contribution is 7.99. The van der Waals surface area contributed by atoms with Gasteiger partial charge in [0.25, 0.3) is 5.56 Å². The zero-order valence-electron chi connectivity index (χ0n) is 12.5. The van der Waals surface area contributed by atoms with Crippen molar-refractivity contribution in [1.82, 2.24) is 9.55 Å². The predicted octanol–water partition coefficient (Wildman–Crippen LogP) is 3.30. The van der Waals surface area contributed by atoms with Gasteiger partial charge in [-0.1, -0.05) is 37.7 Å². The molecule has 0 aliphatic rings. The lowest BCUT2D eigenvalue weighted by Gasteiger charge is -2.15. The molecule has 0 amide bonds. The number of aromatic nitrogens is 2. The monoisotopic (exact) mass is 301 g/mol. The van der Waals surface area contributed by atoms with E-state index >= 15 is 0 Å². The number of hydrogen-bond donors (Lipinski definition) is 0. The van der Waals surface area contributed by atoms with Gasteiger partial charge in [-0.05, 0) is 25.0 Å². The average molecular weight is 301 g/mol. The molecule has 0 aliphatic carbocycles. The molecule has 1 aromatic carbocycles. The Kier molecular flexibility index (Phi) is 5.03. The van der Waals surface area contributed by atoms with E-state index in [0.717, 1.165) is 5.52 Å². The van der Waals surface area contributed by atoms with Crippen LogP contribution in [0, 0.1) is 23.2 Å². The minimum absolute atomic E-state index is 0.00131. The summed E-state index contributed by atoms with van der Waals surface area (Å²) in [6.45, 7) is 6.67. The zero-order valence-corrected chi connectivity index (χ0v) is 13.4. The number of para-hydroxylation sites is 1. The highest BCUT2D eigenvalue weighted by Crippen LogP contribution is 2.20. The van der Waals surface area contributed by atoms with Gasteiger partial charge in [0.15, 0.2) is 5.16 Å². The first-order valence-electron chi connectivity index (χ1n) is 7.05. The van der Waals surface area contributed by atoms with Crippen molar-refractivity contribution in [1.29, 1.82) is 5.26 Å². The Balaban J connectivity index is 2.50. The molecule has 0 N–H and O–H groups in total.